The van der Waals surface area contributed by atoms with E-state index in [0.717, 1.165) is 22.5 Å². The Bertz CT molecular complexity index is 1250. The molecule has 1 aliphatic heterocycles. The van der Waals surface area contributed by atoms with Crippen molar-refractivity contribution in [3.63, 3.8) is 0 Å². The Hall–Kier alpha value is -3.59. The molecule has 0 bridgehead atoms. The quantitative estimate of drug-likeness (QED) is 0.478. The summed E-state index contributed by atoms with van der Waals surface area (Å²) in [4.78, 5) is 8.86. The van der Waals surface area contributed by atoms with Gasteiger partial charge in [0.05, 0.1) is 10.9 Å². The van der Waals surface area contributed by atoms with Gasteiger partial charge < -0.3 is 0 Å². The van der Waals surface area contributed by atoms with Gasteiger partial charge in [-0.2, -0.15) is 13.5 Å². The smallest absolute Gasteiger partial charge is 0.285 e. The largest absolute Gasteiger partial charge is 0.292 e. The maximum atomic E-state index is 13.1. The molecule has 2 aromatic carbocycles. The molecule has 0 saturated heterocycles. The van der Waals surface area contributed by atoms with Crippen molar-refractivity contribution in [3.8, 4) is 0 Å². The van der Waals surface area contributed by atoms with Crippen LogP contribution in [0, 0.1) is 20.8 Å². The lowest BCUT2D eigenvalue weighted by atomic mass is 10.1. The first-order valence-electron chi connectivity index (χ1n) is 10.2. The number of anilines is 1. The van der Waals surface area contributed by atoms with Gasteiger partial charge in [0.25, 0.3) is 10.0 Å². The fraction of sp³-hybridized carbons (Fsp3) is 0.217. The van der Waals surface area contributed by atoms with E-state index in [-0.39, 0.29) is 22.8 Å². The standard InChI is InChI=1S/C23H24N6O2S/c1-16-9-11-20(12-10-16)32(30,31)28-23(27-22-25-17(2)15-18(3)26-22)29-21(13-14-24-29)19-7-5-4-6-8-19/h4-12,14-15,21H,13H2,1-3H3,(H,25,26,27,28)/t21-/m0/s1. The van der Waals surface area contributed by atoms with E-state index in [4.69, 9.17) is 0 Å². The normalized spacial score (nSPS) is 16.4. The lowest BCUT2D eigenvalue weighted by molar-refractivity contribution is 0.369. The lowest BCUT2D eigenvalue weighted by Gasteiger charge is -2.25. The van der Waals surface area contributed by atoms with Crippen molar-refractivity contribution >= 4 is 28.1 Å². The van der Waals surface area contributed by atoms with E-state index in [9.17, 15) is 8.42 Å². The van der Waals surface area contributed by atoms with Gasteiger partial charge in [-0.3, -0.25) is 5.32 Å². The van der Waals surface area contributed by atoms with Crippen molar-refractivity contribution in [1.29, 1.82) is 0 Å². The minimum absolute atomic E-state index is 0.0400. The van der Waals surface area contributed by atoms with Crippen LogP contribution in [0.5, 0.6) is 0 Å². The third-order valence-electron chi connectivity index (χ3n) is 4.96. The second-order valence-electron chi connectivity index (χ2n) is 7.61. The second kappa shape index (κ2) is 8.88. The van der Waals surface area contributed by atoms with Crippen LogP contribution in [0.1, 0.15) is 35.0 Å². The van der Waals surface area contributed by atoms with Gasteiger partial charge in [0.2, 0.25) is 11.9 Å². The van der Waals surface area contributed by atoms with E-state index in [0.29, 0.717) is 6.42 Å². The number of benzene rings is 2. The van der Waals surface area contributed by atoms with E-state index in [1.807, 2.05) is 57.2 Å². The summed E-state index contributed by atoms with van der Waals surface area (Å²) in [5.74, 6) is 0.299. The number of hydrogen-bond donors (Lipinski definition) is 1. The molecule has 0 amide bonds. The van der Waals surface area contributed by atoms with Gasteiger partial charge in [0, 0.05) is 24.0 Å². The highest BCUT2D eigenvalue weighted by molar-refractivity contribution is 7.90. The molecule has 2 heterocycles. The van der Waals surface area contributed by atoms with Crippen LogP contribution in [0.25, 0.3) is 0 Å². The Labute approximate surface area is 187 Å². The van der Waals surface area contributed by atoms with Gasteiger partial charge in [-0.15, -0.1) is 4.40 Å². The lowest BCUT2D eigenvalue weighted by Crippen LogP contribution is -2.34. The molecular weight excluding hydrogens is 424 g/mol. The van der Waals surface area contributed by atoms with Crippen molar-refractivity contribution in [2.24, 2.45) is 9.50 Å². The molecule has 0 saturated carbocycles. The van der Waals surface area contributed by atoms with Crippen LogP contribution in [0.15, 0.2) is 75.1 Å². The number of nitrogens with one attached hydrogen (secondary N) is 1. The number of rotatable bonds is 4. The van der Waals surface area contributed by atoms with Gasteiger partial charge in [-0.05, 0) is 44.5 Å². The number of guanidine groups is 1. The molecule has 1 atom stereocenters. The Morgan fingerprint density at radius 1 is 1.00 bits per heavy atom. The Morgan fingerprint density at radius 2 is 1.66 bits per heavy atom. The molecular formula is C23H24N6O2S. The fourth-order valence-corrected chi connectivity index (χ4v) is 4.39. The zero-order chi connectivity index (χ0) is 22.7. The van der Waals surface area contributed by atoms with Crippen molar-refractivity contribution in [1.82, 2.24) is 15.0 Å². The minimum Gasteiger partial charge on any atom is -0.292 e. The zero-order valence-corrected chi connectivity index (χ0v) is 18.9. The molecule has 3 aromatic rings. The Balaban J connectivity index is 1.78. The highest BCUT2D eigenvalue weighted by Gasteiger charge is 2.29. The molecule has 0 aliphatic carbocycles. The van der Waals surface area contributed by atoms with Gasteiger partial charge in [-0.25, -0.2) is 15.0 Å². The molecule has 1 aromatic heterocycles. The zero-order valence-electron chi connectivity index (χ0n) is 18.1. The number of aryl methyl sites for hydroxylation is 3. The van der Waals surface area contributed by atoms with Crippen LogP contribution in [0.2, 0.25) is 0 Å². The van der Waals surface area contributed by atoms with Crippen molar-refractivity contribution in [2.75, 3.05) is 5.32 Å². The first kappa shape index (κ1) is 21.6. The molecule has 32 heavy (non-hydrogen) atoms. The predicted molar refractivity (Wildman–Crippen MR) is 125 cm³/mol. The van der Waals surface area contributed by atoms with Crippen molar-refractivity contribution in [2.45, 2.75) is 38.1 Å². The van der Waals surface area contributed by atoms with Crippen LogP contribution in [-0.4, -0.2) is 35.6 Å². The SMILES string of the molecule is Cc1ccc(S(=O)(=O)N=C(Nc2nc(C)cc(C)n2)N2N=CC[C@H]2c2ccccc2)cc1. The number of hydrogen-bond acceptors (Lipinski definition) is 5. The monoisotopic (exact) mass is 448 g/mol. The third kappa shape index (κ3) is 4.83. The van der Waals surface area contributed by atoms with E-state index in [1.165, 1.54) is 0 Å². The summed E-state index contributed by atoms with van der Waals surface area (Å²) >= 11 is 0. The number of nitrogens with zero attached hydrogens (tertiary/aromatic N) is 5. The van der Waals surface area contributed by atoms with E-state index in [1.54, 1.807) is 35.5 Å². The van der Waals surface area contributed by atoms with Gasteiger partial charge in [0.1, 0.15) is 0 Å². The van der Waals surface area contributed by atoms with Gasteiger partial charge in [0.15, 0.2) is 0 Å². The molecule has 1 N–H and O–H groups in total. The highest BCUT2D eigenvalue weighted by Crippen LogP contribution is 2.29. The fourth-order valence-electron chi connectivity index (χ4n) is 3.45. The van der Waals surface area contributed by atoms with Crippen molar-refractivity contribution in [3.05, 3.63) is 83.2 Å². The average molecular weight is 449 g/mol. The summed E-state index contributed by atoms with van der Waals surface area (Å²) < 4.78 is 30.4. The second-order valence-corrected chi connectivity index (χ2v) is 9.21. The predicted octanol–water partition coefficient (Wildman–Crippen LogP) is 3.99. The summed E-state index contributed by atoms with van der Waals surface area (Å²) in [7, 11) is -4.01. The third-order valence-corrected chi connectivity index (χ3v) is 6.24. The average Bonchev–Trinajstić information content (AvgIpc) is 3.23. The van der Waals surface area contributed by atoms with Crippen LogP contribution in [0.3, 0.4) is 0 Å². The van der Waals surface area contributed by atoms with Crippen LogP contribution >= 0.6 is 0 Å². The molecule has 9 heteroatoms. The molecule has 164 valence electrons. The summed E-state index contributed by atoms with van der Waals surface area (Å²) in [6.07, 6.45) is 2.36. The minimum atomic E-state index is -4.01. The maximum absolute atomic E-state index is 13.1. The topological polar surface area (TPSA) is 99.9 Å². The highest BCUT2D eigenvalue weighted by atomic mass is 32.2. The summed E-state index contributed by atoms with van der Waals surface area (Å²) in [6, 6.07) is 18.0. The Kier molecular flexibility index (Phi) is 6.00. The number of hydrazone groups is 1. The van der Waals surface area contributed by atoms with Gasteiger partial charge >= 0.3 is 0 Å². The summed E-state index contributed by atoms with van der Waals surface area (Å²) in [6.45, 7) is 5.59. The molecule has 1 aliphatic rings. The first-order valence-corrected chi connectivity index (χ1v) is 11.6. The molecule has 0 spiro atoms. The van der Waals surface area contributed by atoms with Crippen LogP contribution in [-0.2, 0) is 10.0 Å². The van der Waals surface area contributed by atoms with Crippen molar-refractivity contribution < 1.29 is 8.42 Å². The molecule has 4 rings (SSSR count). The number of sulfonamides is 1. The number of aromatic nitrogens is 2. The molecule has 0 radical (unpaired) electrons. The Morgan fingerprint density at radius 3 is 2.31 bits per heavy atom. The first-order chi connectivity index (χ1) is 15.3. The maximum Gasteiger partial charge on any atom is 0.285 e. The molecule has 8 nitrogen and oxygen atoms in total. The summed E-state index contributed by atoms with van der Waals surface area (Å²) in [5.41, 5.74) is 3.47. The van der Waals surface area contributed by atoms with Crippen LogP contribution < -0.4 is 5.32 Å². The van der Waals surface area contributed by atoms with E-state index in [2.05, 4.69) is 24.8 Å². The van der Waals surface area contributed by atoms with E-state index < -0.39 is 10.0 Å². The van der Waals surface area contributed by atoms with E-state index >= 15 is 0 Å². The van der Waals surface area contributed by atoms with Gasteiger partial charge in [-0.1, -0.05) is 48.0 Å². The van der Waals surface area contributed by atoms with Crippen LogP contribution in [0.4, 0.5) is 5.95 Å². The molecule has 0 unspecified atom stereocenters. The molecule has 0 fully saturated rings. The summed E-state index contributed by atoms with van der Waals surface area (Å²) in [5, 5.41) is 8.99.